The highest BCUT2D eigenvalue weighted by Crippen LogP contribution is 2.29. The van der Waals surface area contributed by atoms with Gasteiger partial charge in [0.15, 0.2) is 0 Å². The molecule has 2 heterocycles. The van der Waals surface area contributed by atoms with Gasteiger partial charge < -0.3 is 4.90 Å². The summed E-state index contributed by atoms with van der Waals surface area (Å²) in [6.07, 6.45) is 8.42. The molecular formula is C25H33BrIN3OS. The average Bonchev–Trinajstić information content (AvgIpc) is 2.77. The SMILES string of the molecule is C/C(=C\c1c(Br)ccnc1C)CN1CCC(c2ccc(C(=O)N(C)C)cc2)CC1.CSI. The second-order valence-electron chi connectivity index (χ2n) is 8.31. The molecule has 7 heteroatoms. The molecule has 2 aromatic rings. The van der Waals surface area contributed by atoms with Gasteiger partial charge in [-0.3, -0.25) is 14.7 Å². The summed E-state index contributed by atoms with van der Waals surface area (Å²) in [7, 11) is 5.30. The summed E-state index contributed by atoms with van der Waals surface area (Å²) in [6.45, 7) is 7.44. The molecule has 4 nitrogen and oxygen atoms in total. The van der Waals surface area contributed by atoms with Crippen molar-refractivity contribution in [1.82, 2.24) is 14.8 Å². The van der Waals surface area contributed by atoms with Crippen molar-refractivity contribution in [3.63, 3.8) is 0 Å². The summed E-state index contributed by atoms with van der Waals surface area (Å²) >= 11 is 5.84. The van der Waals surface area contributed by atoms with Crippen LogP contribution in [-0.4, -0.2) is 60.7 Å². The fraction of sp³-hybridized carbons (Fsp3) is 0.440. The van der Waals surface area contributed by atoms with E-state index < -0.39 is 0 Å². The lowest BCUT2D eigenvalue weighted by molar-refractivity contribution is 0.0827. The van der Waals surface area contributed by atoms with E-state index in [2.05, 4.69) is 72.2 Å². The Morgan fingerprint density at radius 2 is 1.84 bits per heavy atom. The molecule has 32 heavy (non-hydrogen) atoms. The maximum atomic E-state index is 12.1. The number of aromatic nitrogens is 1. The van der Waals surface area contributed by atoms with Crippen LogP contribution in [0.1, 0.15) is 52.9 Å². The van der Waals surface area contributed by atoms with Gasteiger partial charge in [-0.15, -0.1) is 0 Å². The zero-order valence-electron chi connectivity index (χ0n) is 19.6. The van der Waals surface area contributed by atoms with Gasteiger partial charge in [0.1, 0.15) is 0 Å². The molecule has 1 fully saturated rings. The maximum absolute atomic E-state index is 12.1. The predicted molar refractivity (Wildman–Crippen MR) is 151 cm³/mol. The lowest BCUT2D eigenvalue weighted by atomic mass is 9.88. The Labute approximate surface area is 218 Å². The van der Waals surface area contributed by atoms with Gasteiger partial charge in [-0.1, -0.05) is 48.6 Å². The number of amides is 1. The van der Waals surface area contributed by atoms with Crippen molar-refractivity contribution in [2.24, 2.45) is 0 Å². The number of nitrogens with zero attached hydrogens (tertiary/aromatic N) is 3. The lowest BCUT2D eigenvalue weighted by Crippen LogP contribution is -2.34. The van der Waals surface area contributed by atoms with Crippen molar-refractivity contribution in [1.29, 1.82) is 0 Å². The molecule has 1 aromatic carbocycles. The van der Waals surface area contributed by atoms with Crippen molar-refractivity contribution in [2.75, 3.05) is 40.0 Å². The second kappa shape index (κ2) is 13.7. The molecule has 0 spiro atoms. The number of rotatable bonds is 5. The standard InChI is InChI=1S/C24H30BrN3O.CH3IS/c1-17(15-22-18(2)26-12-9-23(22)25)16-28-13-10-20(11-14-28)19-5-7-21(8-6-19)24(29)27(3)4;1-3-2/h5-9,12,15,20H,10-11,13-14,16H2,1-4H3;1H3/b17-15+;. The number of likely N-dealkylation sites (tertiary alicyclic amines) is 1. The molecule has 1 amide bonds. The van der Waals surface area contributed by atoms with E-state index in [1.807, 2.05) is 37.6 Å². The summed E-state index contributed by atoms with van der Waals surface area (Å²) < 4.78 is 1.10. The van der Waals surface area contributed by atoms with E-state index in [0.29, 0.717) is 5.92 Å². The topological polar surface area (TPSA) is 36.4 Å². The third-order valence-electron chi connectivity index (χ3n) is 5.62. The predicted octanol–water partition coefficient (Wildman–Crippen LogP) is 6.84. The first-order valence-electron chi connectivity index (χ1n) is 10.7. The third kappa shape index (κ3) is 8.15. The molecule has 0 unspecified atom stereocenters. The molecule has 1 aromatic heterocycles. The van der Waals surface area contributed by atoms with E-state index in [-0.39, 0.29) is 5.91 Å². The minimum atomic E-state index is 0.0594. The molecule has 1 aliphatic heterocycles. The fourth-order valence-corrected chi connectivity index (χ4v) is 4.46. The molecular weight excluding hydrogens is 597 g/mol. The number of hydrogen-bond donors (Lipinski definition) is 0. The molecule has 3 rings (SSSR count). The van der Waals surface area contributed by atoms with Crippen LogP contribution in [0.2, 0.25) is 0 Å². The first-order valence-corrected chi connectivity index (χ1v) is 15.3. The zero-order valence-corrected chi connectivity index (χ0v) is 24.1. The van der Waals surface area contributed by atoms with Crippen LogP contribution < -0.4 is 0 Å². The molecule has 0 atom stereocenters. The number of pyridine rings is 1. The van der Waals surface area contributed by atoms with E-state index in [1.165, 1.54) is 16.7 Å². The molecule has 174 valence electrons. The number of aryl methyl sites for hydroxylation is 1. The van der Waals surface area contributed by atoms with E-state index in [9.17, 15) is 4.79 Å². The first-order chi connectivity index (χ1) is 15.3. The van der Waals surface area contributed by atoms with Crippen LogP contribution in [0.15, 0.2) is 46.6 Å². The van der Waals surface area contributed by atoms with Crippen LogP contribution in [-0.2, 0) is 0 Å². The first kappa shape index (κ1) is 27.3. The fourth-order valence-electron chi connectivity index (χ4n) is 3.95. The molecule has 0 aliphatic carbocycles. The Kier molecular flexibility index (Phi) is 11.7. The smallest absolute Gasteiger partial charge is 0.253 e. The van der Waals surface area contributed by atoms with Crippen molar-refractivity contribution in [2.45, 2.75) is 32.6 Å². The highest BCUT2D eigenvalue weighted by Gasteiger charge is 2.21. The summed E-state index contributed by atoms with van der Waals surface area (Å²) in [5.74, 6) is 0.637. The van der Waals surface area contributed by atoms with Crippen molar-refractivity contribution in [3.8, 4) is 0 Å². The number of carbonyl (C=O) groups is 1. The van der Waals surface area contributed by atoms with E-state index >= 15 is 0 Å². The summed E-state index contributed by atoms with van der Waals surface area (Å²) in [6, 6.07) is 10.2. The largest absolute Gasteiger partial charge is 0.345 e. The summed E-state index contributed by atoms with van der Waals surface area (Å²) in [5.41, 5.74) is 5.68. The van der Waals surface area contributed by atoms with Gasteiger partial charge in [-0.05, 0) is 96.9 Å². The second-order valence-corrected chi connectivity index (χ2v) is 12.1. The van der Waals surface area contributed by atoms with E-state index in [4.69, 9.17) is 0 Å². The van der Waals surface area contributed by atoms with Crippen molar-refractivity contribution >= 4 is 58.1 Å². The third-order valence-corrected chi connectivity index (χ3v) is 6.31. The van der Waals surface area contributed by atoms with Crippen LogP contribution in [0.3, 0.4) is 0 Å². The zero-order chi connectivity index (χ0) is 23.7. The average molecular weight is 630 g/mol. The Hall–Kier alpha value is -0.900. The number of benzene rings is 1. The monoisotopic (exact) mass is 629 g/mol. The van der Waals surface area contributed by atoms with Crippen LogP contribution in [0.5, 0.6) is 0 Å². The Morgan fingerprint density at radius 1 is 1.25 bits per heavy atom. The summed E-state index contributed by atoms with van der Waals surface area (Å²) in [4.78, 5) is 20.6. The Morgan fingerprint density at radius 3 is 2.38 bits per heavy atom. The van der Waals surface area contributed by atoms with Gasteiger partial charge in [0.2, 0.25) is 0 Å². The minimum absolute atomic E-state index is 0.0594. The van der Waals surface area contributed by atoms with Gasteiger partial charge in [0.05, 0.1) is 0 Å². The quantitative estimate of drug-likeness (QED) is 0.340. The lowest BCUT2D eigenvalue weighted by Gasteiger charge is -2.32. The number of carbonyl (C=O) groups excluding carboxylic acids is 1. The minimum Gasteiger partial charge on any atom is -0.345 e. The van der Waals surface area contributed by atoms with Crippen molar-refractivity contribution in [3.05, 3.63) is 69.0 Å². The molecule has 0 radical (unpaired) electrons. The molecule has 0 bridgehead atoms. The van der Waals surface area contributed by atoms with Gasteiger partial charge in [0, 0.05) is 48.1 Å². The van der Waals surface area contributed by atoms with E-state index in [0.717, 1.165) is 48.2 Å². The molecule has 1 aliphatic rings. The van der Waals surface area contributed by atoms with Gasteiger partial charge in [0.25, 0.3) is 5.91 Å². The van der Waals surface area contributed by atoms with Crippen LogP contribution in [0.4, 0.5) is 0 Å². The van der Waals surface area contributed by atoms with Crippen LogP contribution in [0.25, 0.3) is 6.08 Å². The Bertz CT molecular complexity index is 890. The number of hydrogen-bond acceptors (Lipinski definition) is 4. The highest BCUT2D eigenvalue weighted by atomic mass is 127. The highest BCUT2D eigenvalue weighted by molar-refractivity contribution is 14.2. The van der Waals surface area contributed by atoms with Crippen LogP contribution in [0, 0.1) is 6.92 Å². The molecule has 1 saturated heterocycles. The molecule has 0 saturated carbocycles. The van der Waals surface area contributed by atoms with Crippen molar-refractivity contribution < 1.29 is 4.79 Å². The van der Waals surface area contributed by atoms with E-state index in [1.54, 1.807) is 27.9 Å². The normalized spacial score (nSPS) is 15.2. The summed E-state index contributed by atoms with van der Waals surface area (Å²) in [5, 5.41) is 0. The Balaban J connectivity index is 0.00000114. The van der Waals surface area contributed by atoms with Gasteiger partial charge in [-0.2, -0.15) is 0 Å². The number of piperidine rings is 1. The molecule has 0 N–H and O–H groups in total. The van der Waals surface area contributed by atoms with Crippen LogP contribution >= 0.6 is 46.1 Å². The maximum Gasteiger partial charge on any atom is 0.253 e. The number of halogens is 2. The van der Waals surface area contributed by atoms with Gasteiger partial charge in [-0.25, -0.2) is 0 Å². The van der Waals surface area contributed by atoms with Gasteiger partial charge >= 0.3 is 0 Å².